The molecule has 1 rings (SSSR count). The number of carboxylic acid groups (broad SMARTS) is 1. The number of methoxy groups -OCH3 is 1. The molecule has 0 aliphatic carbocycles. The molecule has 0 saturated carbocycles. The zero-order valence-electron chi connectivity index (χ0n) is 10.9. The van der Waals surface area contributed by atoms with E-state index in [1.165, 1.54) is 0 Å². The van der Waals surface area contributed by atoms with Gasteiger partial charge in [0.1, 0.15) is 6.04 Å². The summed E-state index contributed by atoms with van der Waals surface area (Å²) >= 11 is 0. The minimum atomic E-state index is -0.804. The highest BCUT2D eigenvalue weighted by atomic mass is 16.5. The fourth-order valence-electron chi connectivity index (χ4n) is 2.17. The first kappa shape index (κ1) is 15.4. The van der Waals surface area contributed by atoms with Crippen molar-refractivity contribution in [2.24, 2.45) is 0 Å². The second-order valence-corrected chi connectivity index (χ2v) is 4.57. The molecule has 1 heterocycles. The number of hydrogen-bond acceptors (Lipinski definition) is 5. The second-order valence-electron chi connectivity index (χ2n) is 4.57. The van der Waals surface area contributed by atoms with Crippen LogP contribution in [0.3, 0.4) is 0 Å². The quantitative estimate of drug-likeness (QED) is 0.596. The predicted molar refractivity (Wildman–Crippen MR) is 65.5 cm³/mol. The van der Waals surface area contributed by atoms with Gasteiger partial charge in [-0.15, -0.1) is 0 Å². The molecule has 0 radical (unpaired) electrons. The van der Waals surface area contributed by atoms with Crippen LogP contribution in [-0.2, 0) is 14.3 Å². The van der Waals surface area contributed by atoms with Gasteiger partial charge in [0, 0.05) is 13.7 Å². The largest absolute Gasteiger partial charge is 0.480 e. The number of nitrogens with zero attached hydrogens (tertiary/aromatic N) is 1. The van der Waals surface area contributed by atoms with E-state index in [-0.39, 0.29) is 6.61 Å². The lowest BCUT2D eigenvalue weighted by Gasteiger charge is -2.34. The highest BCUT2D eigenvalue weighted by Crippen LogP contribution is 2.17. The average molecular weight is 261 g/mol. The maximum atomic E-state index is 11.1. The zero-order valence-corrected chi connectivity index (χ0v) is 10.9. The standard InChI is InChI=1S/C12H23NO5/c1-17-6-7-18-9-10(14)8-13-5-3-2-4-11(13)12(15)16/h10-11,14H,2-9H2,1H3,(H,15,16). The summed E-state index contributed by atoms with van der Waals surface area (Å²) in [5.41, 5.74) is 0. The average Bonchev–Trinajstić information content (AvgIpc) is 2.35. The van der Waals surface area contributed by atoms with Crippen molar-refractivity contribution in [1.29, 1.82) is 0 Å². The number of carbonyl (C=O) groups is 1. The fourth-order valence-corrected chi connectivity index (χ4v) is 2.17. The Kier molecular flexibility index (Phi) is 7.19. The molecule has 0 amide bonds. The number of carboxylic acids is 1. The summed E-state index contributed by atoms with van der Waals surface area (Å²) in [5.74, 6) is -0.804. The van der Waals surface area contributed by atoms with Crippen molar-refractivity contribution in [3.05, 3.63) is 0 Å². The van der Waals surface area contributed by atoms with Crippen molar-refractivity contribution in [3.63, 3.8) is 0 Å². The summed E-state index contributed by atoms with van der Waals surface area (Å²) in [4.78, 5) is 12.9. The Hall–Kier alpha value is -0.690. The van der Waals surface area contributed by atoms with Crippen LogP contribution in [0.4, 0.5) is 0 Å². The highest BCUT2D eigenvalue weighted by Gasteiger charge is 2.29. The van der Waals surface area contributed by atoms with Gasteiger partial charge in [0.25, 0.3) is 0 Å². The van der Waals surface area contributed by atoms with Crippen molar-refractivity contribution in [1.82, 2.24) is 4.90 Å². The molecular formula is C12H23NO5. The molecule has 0 aromatic heterocycles. The number of rotatable bonds is 8. The third-order valence-corrected chi connectivity index (χ3v) is 3.09. The van der Waals surface area contributed by atoms with Crippen LogP contribution in [0.25, 0.3) is 0 Å². The summed E-state index contributed by atoms with van der Waals surface area (Å²) < 4.78 is 10.1. The van der Waals surface area contributed by atoms with Gasteiger partial charge in [-0.2, -0.15) is 0 Å². The Morgan fingerprint density at radius 3 is 2.89 bits per heavy atom. The van der Waals surface area contributed by atoms with E-state index in [0.29, 0.717) is 26.2 Å². The molecule has 0 spiro atoms. The zero-order chi connectivity index (χ0) is 13.4. The predicted octanol–water partition coefficient (Wildman–Crippen LogP) is -0.0506. The molecule has 0 bridgehead atoms. The molecule has 6 nitrogen and oxygen atoms in total. The molecule has 6 heteroatoms. The fraction of sp³-hybridized carbons (Fsp3) is 0.917. The van der Waals surface area contributed by atoms with Gasteiger partial charge in [0.05, 0.1) is 25.9 Å². The van der Waals surface area contributed by atoms with E-state index in [1.807, 2.05) is 4.90 Å². The molecule has 1 aliphatic heterocycles. The second kappa shape index (κ2) is 8.42. The Morgan fingerprint density at radius 1 is 1.44 bits per heavy atom. The van der Waals surface area contributed by atoms with Crippen LogP contribution in [0.2, 0.25) is 0 Å². The van der Waals surface area contributed by atoms with Gasteiger partial charge >= 0.3 is 5.97 Å². The van der Waals surface area contributed by atoms with E-state index in [4.69, 9.17) is 14.6 Å². The molecule has 2 N–H and O–H groups in total. The van der Waals surface area contributed by atoms with Gasteiger partial charge in [-0.1, -0.05) is 6.42 Å². The first-order valence-corrected chi connectivity index (χ1v) is 6.36. The molecule has 1 fully saturated rings. The Balaban J connectivity index is 2.27. The maximum Gasteiger partial charge on any atom is 0.320 e. The molecule has 1 saturated heterocycles. The molecule has 0 aromatic rings. The van der Waals surface area contributed by atoms with Crippen LogP contribution in [0.5, 0.6) is 0 Å². The number of aliphatic hydroxyl groups excluding tert-OH is 1. The van der Waals surface area contributed by atoms with Crippen LogP contribution >= 0.6 is 0 Å². The number of aliphatic hydroxyl groups is 1. The van der Waals surface area contributed by atoms with E-state index in [9.17, 15) is 9.90 Å². The Labute approximate surface area is 107 Å². The highest BCUT2D eigenvalue weighted by molar-refractivity contribution is 5.73. The maximum absolute atomic E-state index is 11.1. The normalized spacial score (nSPS) is 22.9. The molecule has 2 atom stereocenters. The topological polar surface area (TPSA) is 79.2 Å². The third kappa shape index (κ3) is 5.30. The first-order chi connectivity index (χ1) is 8.65. The van der Waals surface area contributed by atoms with Crippen molar-refractivity contribution < 1.29 is 24.5 Å². The van der Waals surface area contributed by atoms with Gasteiger partial charge in [-0.05, 0) is 19.4 Å². The molecular weight excluding hydrogens is 238 g/mol. The van der Waals surface area contributed by atoms with E-state index in [0.717, 1.165) is 19.4 Å². The van der Waals surface area contributed by atoms with Crippen LogP contribution in [0.1, 0.15) is 19.3 Å². The van der Waals surface area contributed by atoms with Gasteiger partial charge in [-0.3, -0.25) is 9.69 Å². The summed E-state index contributed by atoms with van der Waals surface area (Å²) in [6.07, 6.45) is 1.93. The molecule has 1 aliphatic rings. The van der Waals surface area contributed by atoms with Crippen LogP contribution in [-0.4, -0.2) is 73.2 Å². The number of piperidine rings is 1. The lowest BCUT2D eigenvalue weighted by Crippen LogP contribution is -2.48. The number of ether oxygens (including phenoxy) is 2. The molecule has 106 valence electrons. The van der Waals surface area contributed by atoms with Crippen molar-refractivity contribution in [2.75, 3.05) is 40.0 Å². The smallest absolute Gasteiger partial charge is 0.320 e. The van der Waals surface area contributed by atoms with Gasteiger partial charge in [-0.25, -0.2) is 0 Å². The van der Waals surface area contributed by atoms with Crippen molar-refractivity contribution >= 4 is 5.97 Å². The van der Waals surface area contributed by atoms with Crippen LogP contribution in [0, 0.1) is 0 Å². The number of likely N-dealkylation sites (tertiary alicyclic amines) is 1. The van der Waals surface area contributed by atoms with Gasteiger partial charge in [0.15, 0.2) is 0 Å². The lowest BCUT2D eigenvalue weighted by molar-refractivity contribution is -0.145. The van der Waals surface area contributed by atoms with Crippen LogP contribution in [0.15, 0.2) is 0 Å². The van der Waals surface area contributed by atoms with E-state index in [2.05, 4.69) is 0 Å². The minimum absolute atomic E-state index is 0.214. The summed E-state index contributed by atoms with van der Waals surface area (Å²) in [7, 11) is 1.59. The minimum Gasteiger partial charge on any atom is -0.480 e. The number of hydrogen-bond donors (Lipinski definition) is 2. The first-order valence-electron chi connectivity index (χ1n) is 6.36. The van der Waals surface area contributed by atoms with Crippen molar-refractivity contribution in [3.8, 4) is 0 Å². The molecule has 2 unspecified atom stereocenters. The van der Waals surface area contributed by atoms with E-state index in [1.54, 1.807) is 7.11 Å². The van der Waals surface area contributed by atoms with Gasteiger partial charge in [0.2, 0.25) is 0 Å². The third-order valence-electron chi connectivity index (χ3n) is 3.09. The number of β-amino-alcohol motifs (C(OH)–C–C–N with tert-alkyl or cyclic N) is 1. The van der Waals surface area contributed by atoms with Crippen LogP contribution < -0.4 is 0 Å². The van der Waals surface area contributed by atoms with Crippen molar-refractivity contribution in [2.45, 2.75) is 31.4 Å². The van der Waals surface area contributed by atoms with E-state index < -0.39 is 18.1 Å². The monoisotopic (exact) mass is 261 g/mol. The summed E-state index contributed by atoms with van der Waals surface area (Å²) in [6, 6.07) is -0.465. The molecule has 18 heavy (non-hydrogen) atoms. The SMILES string of the molecule is COCCOCC(O)CN1CCCCC1C(=O)O. The summed E-state index contributed by atoms with van der Waals surface area (Å²) in [6.45, 7) is 2.23. The lowest BCUT2D eigenvalue weighted by atomic mass is 10.0. The Bertz CT molecular complexity index is 249. The van der Waals surface area contributed by atoms with E-state index >= 15 is 0 Å². The molecule has 0 aromatic carbocycles. The summed E-state index contributed by atoms with van der Waals surface area (Å²) in [5, 5.41) is 18.9. The van der Waals surface area contributed by atoms with Gasteiger partial charge < -0.3 is 19.7 Å². The number of aliphatic carboxylic acids is 1. The Morgan fingerprint density at radius 2 is 2.22 bits per heavy atom.